The summed E-state index contributed by atoms with van der Waals surface area (Å²) in [6.45, 7) is 0.558. The van der Waals surface area contributed by atoms with Gasteiger partial charge in [0.25, 0.3) is 0 Å². The number of aliphatic hydroxyl groups excluding tert-OH is 1. The Morgan fingerprint density at radius 2 is 2.00 bits per heavy atom. The van der Waals surface area contributed by atoms with Crippen molar-refractivity contribution in [2.45, 2.75) is 44.4 Å². The molecule has 100 valence electrons. The zero-order chi connectivity index (χ0) is 13.1. The van der Waals surface area contributed by atoms with Crippen molar-refractivity contribution in [1.82, 2.24) is 5.32 Å². The van der Waals surface area contributed by atoms with Crippen LogP contribution in [0.5, 0.6) is 0 Å². The zero-order valence-corrected chi connectivity index (χ0v) is 11.7. The molecule has 3 nitrogen and oxygen atoms in total. The first-order valence-electron chi connectivity index (χ1n) is 6.21. The average Bonchev–Trinajstić information content (AvgIpc) is 2.34. The van der Waals surface area contributed by atoms with Gasteiger partial charge in [0.2, 0.25) is 0 Å². The fraction of sp³-hybridized carbons (Fsp3) is 0.538. The summed E-state index contributed by atoms with van der Waals surface area (Å²) in [5.74, 6) is -0.389. The van der Waals surface area contributed by atoms with E-state index in [2.05, 4.69) is 21.2 Å². The standard InChI is InChI=1S/C13H18BrFN2O/c14-9-5-8(13(16)12(15)6-9)7-17-10-1-3-11(18)4-2-10/h5-6,10-11,17-18H,1-4,7,16H2/t10-,11-. The minimum atomic E-state index is -0.389. The van der Waals surface area contributed by atoms with Crippen LogP contribution in [-0.4, -0.2) is 17.3 Å². The lowest BCUT2D eigenvalue weighted by molar-refractivity contribution is 0.116. The molecule has 1 aromatic rings. The number of nitrogens with one attached hydrogen (secondary N) is 1. The number of nitrogen functional groups attached to an aromatic ring is 1. The monoisotopic (exact) mass is 316 g/mol. The normalized spacial score (nSPS) is 24.2. The maximum absolute atomic E-state index is 13.4. The highest BCUT2D eigenvalue weighted by atomic mass is 79.9. The summed E-state index contributed by atoms with van der Waals surface area (Å²) in [5, 5.41) is 12.8. The first kappa shape index (κ1) is 13.8. The molecule has 1 aliphatic carbocycles. The third kappa shape index (κ3) is 3.43. The Balaban J connectivity index is 1.94. The van der Waals surface area contributed by atoms with Crippen LogP contribution < -0.4 is 11.1 Å². The number of rotatable bonds is 3. The zero-order valence-electron chi connectivity index (χ0n) is 10.1. The molecule has 0 aliphatic heterocycles. The van der Waals surface area contributed by atoms with E-state index in [-0.39, 0.29) is 17.6 Å². The van der Waals surface area contributed by atoms with E-state index in [1.165, 1.54) is 6.07 Å². The van der Waals surface area contributed by atoms with E-state index in [1.54, 1.807) is 0 Å². The van der Waals surface area contributed by atoms with Gasteiger partial charge in [-0.25, -0.2) is 4.39 Å². The molecule has 0 unspecified atom stereocenters. The predicted octanol–water partition coefficient (Wildman–Crippen LogP) is 2.56. The largest absolute Gasteiger partial charge is 0.396 e. The highest BCUT2D eigenvalue weighted by molar-refractivity contribution is 9.10. The molecule has 0 aromatic heterocycles. The quantitative estimate of drug-likeness (QED) is 0.751. The van der Waals surface area contributed by atoms with E-state index in [4.69, 9.17) is 5.73 Å². The summed E-state index contributed by atoms with van der Waals surface area (Å²) in [6, 6.07) is 3.59. The molecule has 0 atom stereocenters. The Morgan fingerprint density at radius 3 is 2.67 bits per heavy atom. The minimum Gasteiger partial charge on any atom is -0.396 e. The van der Waals surface area contributed by atoms with Gasteiger partial charge >= 0.3 is 0 Å². The molecule has 1 aromatic carbocycles. The fourth-order valence-corrected chi connectivity index (χ4v) is 2.80. The SMILES string of the molecule is Nc1c(F)cc(Br)cc1CN[C@H]1CC[C@H](O)CC1. The third-order valence-corrected chi connectivity index (χ3v) is 3.92. The summed E-state index contributed by atoms with van der Waals surface area (Å²) in [6.07, 6.45) is 3.42. The molecule has 1 fully saturated rings. The second-order valence-corrected chi connectivity index (χ2v) is 5.76. The van der Waals surface area contributed by atoms with Gasteiger partial charge in [0.05, 0.1) is 11.8 Å². The Bertz CT molecular complexity index is 420. The molecule has 2 rings (SSSR count). The van der Waals surface area contributed by atoms with Gasteiger partial charge in [0, 0.05) is 17.1 Å². The third-order valence-electron chi connectivity index (χ3n) is 3.46. The molecule has 0 spiro atoms. The van der Waals surface area contributed by atoms with Gasteiger partial charge in [-0.05, 0) is 43.4 Å². The second kappa shape index (κ2) is 5.99. The van der Waals surface area contributed by atoms with E-state index >= 15 is 0 Å². The van der Waals surface area contributed by atoms with Gasteiger partial charge in [-0.2, -0.15) is 0 Å². The van der Waals surface area contributed by atoms with Crippen molar-refractivity contribution in [2.24, 2.45) is 0 Å². The van der Waals surface area contributed by atoms with Gasteiger partial charge in [-0.3, -0.25) is 0 Å². The molecule has 1 aliphatic rings. The van der Waals surface area contributed by atoms with Crippen LogP contribution in [-0.2, 0) is 6.54 Å². The Kier molecular flexibility index (Phi) is 4.59. The van der Waals surface area contributed by atoms with Crippen LogP contribution in [0.3, 0.4) is 0 Å². The summed E-state index contributed by atoms with van der Waals surface area (Å²) < 4.78 is 14.1. The van der Waals surface area contributed by atoms with E-state index in [1.807, 2.05) is 6.07 Å². The van der Waals surface area contributed by atoms with Crippen molar-refractivity contribution in [3.05, 3.63) is 28.0 Å². The first-order valence-corrected chi connectivity index (χ1v) is 7.00. The van der Waals surface area contributed by atoms with Gasteiger partial charge in [-0.1, -0.05) is 15.9 Å². The van der Waals surface area contributed by atoms with Crippen molar-refractivity contribution in [3.8, 4) is 0 Å². The van der Waals surface area contributed by atoms with Crippen molar-refractivity contribution in [2.75, 3.05) is 5.73 Å². The summed E-state index contributed by atoms with van der Waals surface area (Å²) in [5.41, 5.74) is 6.69. The van der Waals surface area contributed by atoms with Crippen LogP contribution in [0.15, 0.2) is 16.6 Å². The molecule has 0 amide bonds. The molecule has 0 heterocycles. The summed E-state index contributed by atoms with van der Waals surface area (Å²) >= 11 is 3.26. The summed E-state index contributed by atoms with van der Waals surface area (Å²) in [7, 11) is 0. The predicted molar refractivity (Wildman–Crippen MR) is 73.6 cm³/mol. The van der Waals surface area contributed by atoms with Crippen LogP contribution in [0.2, 0.25) is 0 Å². The molecule has 4 N–H and O–H groups in total. The second-order valence-electron chi connectivity index (χ2n) is 4.85. The average molecular weight is 317 g/mol. The van der Waals surface area contributed by atoms with Gasteiger partial charge in [0.15, 0.2) is 0 Å². The first-order chi connectivity index (χ1) is 8.56. The summed E-state index contributed by atoms with van der Waals surface area (Å²) in [4.78, 5) is 0. The molecular formula is C13H18BrFN2O. The van der Waals surface area contributed by atoms with E-state index in [0.29, 0.717) is 17.1 Å². The Labute approximate surface area is 115 Å². The van der Waals surface area contributed by atoms with Crippen molar-refractivity contribution in [1.29, 1.82) is 0 Å². The lowest BCUT2D eigenvalue weighted by Crippen LogP contribution is -2.34. The number of aliphatic hydroxyl groups is 1. The highest BCUT2D eigenvalue weighted by Crippen LogP contribution is 2.24. The number of halogens is 2. The fourth-order valence-electron chi connectivity index (χ4n) is 2.32. The number of hydrogen-bond acceptors (Lipinski definition) is 3. The lowest BCUT2D eigenvalue weighted by atomic mass is 9.93. The van der Waals surface area contributed by atoms with E-state index in [9.17, 15) is 9.50 Å². The maximum Gasteiger partial charge on any atom is 0.147 e. The minimum absolute atomic E-state index is 0.156. The van der Waals surface area contributed by atoms with Crippen molar-refractivity contribution < 1.29 is 9.50 Å². The molecule has 18 heavy (non-hydrogen) atoms. The van der Waals surface area contributed by atoms with Gasteiger partial charge < -0.3 is 16.2 Å². The van der Waals surface area contributed by atoms with E-state index < -0.39 is 0 Å². The number of benzene rings is 1. The smallest absolute Gasteiger partial charge is 0.147 e. The van der Waals surface area contributed by atoms with Crippen LogP contribution >= 0.6 is 15.9 Å². The van der Waals surface area contributed by atoms with Gasteiger partial charge in [-0.15, -0.1) is 0 Å². The topological polar surface area (TPSA) is 58.3 Å². The van der Waals surface area contributed by atoms with Crippen LogP contribution in [0.1, 0.15) is 31.2 Å². The maximum atomic E-state index is 13.4. The molecule has 1 saturated carbocycles. The van der Waals surface area contributed by atoms with Crippen LogP contribution in [0.4, 0.5) is 10.1 Å². The molecule has 5 heteroatoms. The Hall–Kier alpha value is -0.650. The van der Waals surface area contributed by atoms with Gasteiger partial charge in [0.1, 0.15) is 5.82 Å². The molecular weight excluding hydrogens is 299 g/mol. The van der Waals surface area contributed by atoms with Crippen LogP contribution in [0, 0.1) is 5.82 Å². The molecule has 0 radical (unpaired) electrons. The lowest BCUT2D eigenvalue weighted by Gasteiger charge is -2.26. The Morgan fingerprint density at radius 1 is 1.33 bits per heavy atom. The molecule has 0 saturated heterocycles. The number of hydrogen-bond donors (Lipinski definition) is 3. The van der Waals surface area contributed by atoms with Crippen molar-refractivity contribution in [3.63, 3.8) is 0 Å². The van der Waals surface area contributed by atoms with Crippen LogP contribution in [0.25, 0.3) is 0 Å². The highest BCUT2D eigenvalue weighted by Gasteiger charge is 2.19. The van der Waals surface area contributed by atoms with Crippen molar-refractivity contribution >= 4 is 21.6 Å². The van der Waals surface area contributed by atoms with E-state index in [0.717, 1.165) is 31.2 Å². The number of nitrogens with two attached hydrogens (primary N) is 1. The number of anilines is 1. The molecule has 0 bridgehead atoms.